The molecule has 0 aliphatic rings. The molecule has 0 aliphatic heterocycles. The van der Waals surface area contributed by atoms with E-state index in [2.05, 4.69) is 0 Å². The van der Waals surface area contributed by atoms with Gasteiger partial charge in [-0.15, -0.1) is 0 Å². The first-order valence-electron chi connectivity index (χ1n) is 5.55. The Morgan fingerprint density at radius 3 is 2.22 bits per heavy atom. The van der Waals surface area contributed by atoms with Crippen LogP contribution in [0, 0.1) is 0 Å². The van der Waals surface area contributed by atoms with Crippen molar-refractivity contribution in [1.29, 1.82) is 0 Å². The molecule has 2 atom stereocenters. The molecule has 0 saturated carbocycles. The van der Waals surface area contributed by atoms with Gasteiger partial charge in [-0.05, 0) is 55.3 Å². The fourth-order valence-corrected chi connectivity index (χ4v) is 2.26. The summed E-state index contributed by atoms with van der Waals surface area (Å²) >= 11 is -0.138. The molecule has 102 valence electrons. The number of hydrogen-bond acceptors (Lipinski definition) is 3. The van der Waals surface area contributed by atoms with E-state index in [1.54, 1.807) is 19.1 Å². The number of rotatable bonds is 5. The van der Waals surface area contributed by atoms with E-state index in [1.165, 1.54) is 12.1 Å². The first-order valence-corrected chi connectivity index (χ1v) is 6.37. The molecule has 18 heavy (non-hydrogen) atoms. The zero-order valence-corrected chi connectivity index (χ0v) is 10.8. The van der Waals surface area contributed by atoms with Gasteiger partial charge in [-0.1, -0.05) is 12.1 Å². The van der Waals surface area contributed by atoms with Crippen LogP contribution in [-0.4, -0.2) is 23.3 Å². The van der Waals surface area contributed by atoms with E-state index in [0.29, 0.717) is 13.0 Å². The molecular weight excluding hydrogens is 263 g/mol. The number of halogens is 3. The predicted molar refractivity (Wildman–Crippen MR) is 66.4 cm³/mol. The van der Waals surface area contributed by atoms with Gasteiger partial charge in [0.05, 0.1) is 6.10 Å². The molecule has 0 heterocycles. The smallest absolute Gasteiger partial charge is 0.393 e. The standard InChI is InChI=1S/C12H16F3NOS/c1-8(17)6-10(7-16)9-2-4-11(5-3-9)18-12(13,14)15/h2-5,8,10,17H,6-7,16H2,1H3. The molecule has 0 amide bonds. The Balaban J connectivity index is 2.74. The summed E-state index contributed by atoms with van der Waals surface area (Å²) in [6.07, 6.45) is 0.0187. The Labute approximate surface area is 108 Å². The van der Waals surface area contributed by atoms with Crippen LogP contribution in [0.15, 0.2) is 29.2 Å². The Morgan fingerprint density at radius 1 is 1.28 bits per heavy atom. The molecule has 2 nitrogen and oxygen atoms in total. The third-order valence-corrected chi connectivity index (χ3v) is 3.23. The minimum atomic E-state index is -4.27. The van der Waals surface area contributed by atoms with Gasteiger partial charge in [0.15, 0.2) is 0 Å². The summed E-state index contributed by atoms with van der Waals surface area (Å²) in [6.45, 7) is 2.02. The zero-order valence-electron chi connectivity index (χ0n) is 9.95. The minimum Gasteiger partial charge on any atom is -0.393 e. The normalized spacial score (nSPS) is 15.4. The molecule has 1 aromatic carbocycles. The average molecular weight is 279 g/mol. The number of benzene rings is 1. The predicted octanol–water partition coefficient (Wildman–Crippen LogP) is 3.11. The van der Waals surface area contributed by atoms with Crippen molar-refractivity contribution in [3.63, 3.8) is 0 Å². The van der Waals surface area contributed by atoms with Crippen molar-refractivity contribution in [2.45, 2.75) is 35.8 Å². The maximum absolute atomic E-state index is 12.1. The van der Waals surface area contributed by atoms with E-state index < -0.39 is 11.6 Å². The van der Waals surface area contributed by atoms with Crippen molar-refractivity contribution in [3.05, 3.63) is 29.8 Å². The summed E-state index contributed by atoms with van der Waals surface area (Å²) in [4.78, 5) is 0.152. The zero-order chi connectivity index (χ0) is 13.8. The van der Waals surface area contributed by atoms with Crippen molar-refractivity contribution >= 4 is 11.8 Å². The quantitative estimate of drug-likeness (QED) is 0.814. The summed E-state index contributed by atoms with van der Waals surface area (Å²) in [5, 5.41) is 9.31. The van der Waals surface area contributed by atoms with Crippen molar-refractivity contribution in [3.8, 4) is 0 Å². The molecule has 0 saturated heterocycles. The van der Waals surface area contributed by atoms with Gasteiger partial charge >= 0.3 is 5.51 Å². The molecule has 1 rings (SSSR count). The lowest BCUT2D eigenvalue weighted by Crippen LogP contribution is -2.17. The van der Waals surface area contributed by atoms with Gasteiger partial charge in [0.2, 0.25) is 0 Å². The Morgan fingerprint density at radius 2 is 1.83 bits per heavy atom. The van der Waals surface area contributed by atoms with Crippen molar-refractivity contribution in [2.24, 2.45) is 5.73 Å². The molecular formula is C12H16F3NOS. The number of nitrogens with two attached hydrogens (primary N) is 1. The van der Waals surface area contributed by atoms with E-state index in [1.807, 2.05) is 0 Å². The summed E-state index contributed by atoms with van der Waals surface area (Å²) in [7, 11) is 0. The van der Waals surface area contributed by atoms with Crippen LogP contribution in [0.5, 0.6) is 0 Å². The van der Waals surface area contributed by atoms with Crippen LogP contribution in [0.4, 0.5) is 13.2 Å². The maximum atomic E-state index is 12.1. The summed E-state index contributed by atoms with van der Waals surface area (Å²) < 4.78 is 36.4. The van der Waals surface area contributed by atoms with E-state index >= 15 is 0 Å². The molecule has 1 aromatic rings. The highest BCUT2D eigenvalue weighted by Crippen LogP contribution is 2.37. The molecule has 0 bridgehead atoms. The first kappa shape index (κ1) is 15.3. The molecule has 0 radical (unpaired) electrons. The Hall–Kier alpha value is -0.720. The lowest BCUT2D eigenvalue weighted by Gasteiger charge is -2.17. The van der Waals surface area contributed by atoms with Crippen molar-refractivity contribution in [1.82, 2.24) is 0 Å². The average Bonchev–Trinajstić information content (AvgIpc) is 2.24. The third kappa shape index (κ3) is 5.29. The van der Waals surface area contributed by atoms with E-state index in [4.69, 9.17) is 5.73 Å². The second-order valence-corrected chi connectivity index (χ2v) is 5.27. The fraction of sp³-hybridized carbons (Fsp3) is 0.500. The van der Waals surface area contributed by atoms with Crippen LogP contribution in [0.2, 0.25) is 0 Å². The van der Waals surface area contributed by atoms with Crippen LogP contribution >= 0.6 is 11.8 Å². The summed E-state index contributed by atoms with van der Waals surface area (Å²) in [5.41, 5.74) is 2.18. The fourth-order valence-electron chi connectivity index (χ4n) is 1.72. The number of aliphatic hydroxyl groups is 1. The molecule has 0 aliphatic carbocycles. The van der Waals surface area contributed by atoms with E-state index in [-0.39, 0.29) is 22.6 Å². The molecule has 6 heteroatoms. The monoisotopic (exact) mass is 279 g/mol. The van der Waals surface area contributed by atoms with Gasteiger partial charge in [-0.25, -0.2) is 0 Å². The molecule has 3 N–H and O–H groups in total. The van der Waals surface area contributed by atoms with Gasteiger partial charge in [-0.3, -0.25) is 0 Å². The van der Waals surface area contributed by atoms with Crippen molar-refractivity contribution in [2.75, 3.05) is 6.54 Å². The lowest BCUT2D eigenvalue weighted by atomic mass is 9.94. The SMILES string of the molecule is CC(O)CC(CN)c1ccc(SC(F)(F)F)cc1. The van der Waals surface area contributed by atoms with E-state index in [9.17, 15) is 18.3 Å². The second-order valence-electron chi connectivity index (χ2n) is 4.13. The molecule has 0 aromatic heterocycles. The maximum Gasteiger partial charge on any atom is 0.446 e. The van der Waals surface area contributed by atoms with Gasteiger partial charge in [0, 0.05) is 4.90 Å². The highest BCUT2D eigenvalue weighted by atomic mass is 32.2. The van der Waals surface area contributed by atoms with Gasteiger partial charge in [-0.2, -0.15) is 13.2 Å². The Bertz CT molecular complexity index is 365. The van der Waals surface area contributed by atoms with E-state index in [0.717, 1.165) is 5.56 Å². The van der Waals surface area contributed by atoms with Gasteiger partial charge in [0.25, 0.3) is 0 Å². The highest BCUT2D eigenvalue weighted by molar-refractivity contribution is 8.00. The highest BCUT2D eigenvalue weighted by Gasteiger charge is 2.29. The topological polar surface area (TPSA) is 46.2 Å². The second kappa shape index (κ2) is 6.45. The van der Waals surface area contributed by atoms with Crippen LogP contribution in [0.1, 0.15) is 24.8 Å². The summed E-state index contributed by atoms with van der Waals surface area (Å²) in [6, 6.07) is 6.12. The lowest BCUT2D eigenvalue weighted by molar-refractivity contribution is -0.0328. The largest absolute Gasteiger partial charge is 0.446 e. The van der Waals surface area contributed by atoms with Crippen LogP contribution in [0.25, 0.3) is 0 Å². The number of aliphatic hydroxyl groups excluding tert-OH is 1. The number of hydrogen-bond donors (Lipinski definition) is 2. The molecule has 0 spiro atoms. The van der Waals surface area contributed by atoms with Crippen LogP contribution in [0.3, 0.4) is 0 Å². The number of alkyl halides is 3. The van der Waals surface area contributed by atoms with Gasteiger partial charge in [0.1, 0.15) is 0 Å². The molecule has 2 unspecified atom stereocenters. The first-order chi connectivity index (χ1) is 8.31. The van der Waals surface area contributed by atoms with Crippen LogP contribution < -0.4 is 5.73 Å². The third-order valence-electron chi connectivity index (χ3n) is 2.50. The minimum absolute atomic E-state index is 0.0325. The summed E-state index contributed by atoms with van der Waals surface area (Å²) in [5.74, 6) is -0.0325. The van der Waals surface area contributed by atoms with Gasteiger partial charge < -0.3 is 10.8 Å². The van der Waals surface area contributed by atoms with Crippen LogP contribution in [-0.2, 0) is 0 Å². The Kier molecular flexibility index (Phi) is 5.49. The molecule has 0 fully saturated rings. The van der Waals surface area contributed by atoms with Crippen molar-refractivity contribution < 1.29 is 18.3 Å². The number of thioether (sulfide) groups is 1.